The summed E-state index contributed by atoms with van der Waals surface area (Å²) >= 11 is 3.74. The molecule has 1 atom stereocenters. The lowest BCUT2D eigenvalue weighted by atomic mass is 10.1. The number of nitrogens with one attached hydrogen (secondary N) is 1. The van der Waals surface area contributed by atoms with E-state index in [0.29, 0.717) is 6.04 Å². The summed E-state index contributed by atoms with van der Waals surface area (Å²) in [6.45, 7) is 6.41. The third-order valence-electron chi connectivity index (χ3n) is 3.67. The Labute approximate surface area is 133 Å². The molecule has 0 aromatic carbocycles. The summed E-state index contributed by atoms with van der Waals surface area (Å²) in [5.41, 5.74) is 0. The molecule has 0 bridgehead atoms. The molecule has 0 radical (unpaired) electrons. The fourth-order valence-corrected chi connectivity index (χ4v) is 4.74. The zero-order valence-corrected chi connectivity index (χ0v) is 14.1. The number of rotatable bonds is 7. The molecule has 0 saturated carbocycles. The van der Waals surface area contributed by atoms with E-state index in [9.17, 15) is 0 Å². The first-order valence-electron chi connectivity index (χ1n) is 7.52. The van der Waals surface area contributed by atoms with Crippen molar-refractivity contribution in [1.82, 2.24) is 14.9 Å². The highest BCUT2D eigenvalue weighted by molar-refractivity contribution is 7.26. The molecule has 3 aromatic rings. The Bertz CT molecular complexity index is 667. The number of aryl methyl sites for hydroxylation is 1. The minimum Gasteiger partial charge on any atom is -0.335 e. The van der Waals surface area contributed by atoms with Crippen molar-refractivity contribution in [3.8, 4) is 0 Å². The molecule has 0 aliphatic rings. The summed E-state index contributed by atoms with van der Waals surface area (Å²) in [5.74, 6) is 1.17. The highest BCUT2D eigenvalue weighted by atomic mass is 32.1. The monoisotopic (exact) mass is 319 g/mol. The molecular formula is C16H21N3S2. The maximum Gasteiger partial charge on any atom is 0.110 e. The summed E-state index contributed by atoms with van der Waals surface area (Å²) in [6.07, 6.45) is 6.08. The number of hydrogen-bond acceptors (Lipinski definition) is 4. The van der Waals surface area contributed by atoms with Crippen LogP contribution in [0.2, 0.25) is 0 Å². The van der Waals surface area contributed by atoms with Crippen molar-refractivity contribution in [2.24, 2.45) is 0 Å². The molecule has 5 heteroatoms. The molecule has 3 rings (SSSR count). The van der Waals surface area contributed by atoms with Crippen molar-refractivity contribution < 1.29 is 0 Å². The smallest absolute Gasteiger partial charge is 0.110 e. The fourth-order valence-electron chi connectivity index (χ4n) is 2.55. The third kappa shape index (κ3) is 3.20. The van der Waals surface area contributed by atoms with Crippen LogP contribution in [0.1, 0.15) is 37.0 Å². The van der Waals surface area contributed by atoms with Gasteiger partial charge in [-0.05, 0) is 37.4 Å². The van der Waals surface area contributed by atoms with E-state index < -0.39 is 0 Å². The number of hydrogen-bond donors (Lipinski definition) is 1. The van der Waals surface area contributed by atoms with E-state index >= 15 is 0 Å². The standard InChI is InChI=1S/C16H21N3S2/c1-3-6-17-12(10-16-18-7-8-19(16)4-2)14-11-15-13(21-14)5-9-20-15/h5,7-9,11-12,17H,3-4,6,10H2,1-2H3. The molecule has 112 valence electrons. The van der Waals surface area contributed by atoms with Gasteiger partial charge in [0, 0.05) is 45.7 Å². The van der Waals surface area contributed by atoms with Crippen LogP contribution < -0.4 is 5.32 Å². The lowest BCUT2D eigenvalue weighted by molar-refractivity contribution is 0.513. The van der Waals surface area contributed by atoms with E-state index in [4.69, 9.17) is 0 Å². The Kier molecular flexibility index (Phi) is 4.73. The Morgan fingerprint density at radius 1 is 1.33 bits per heavy atom. The Hall–Kier alpha value is -1.17. The fraction of sp³-hybridized carbons (Fsp3) is 0.438. The second-order valence-corrected chi connectivity index (χ2v) is 7.20. The van der Waals surface area contributed by atoms with Gasteiger partial charge in [0.05, 0.1) is 0 Å². The lowest BCUT2D eigenvalue weighted by Gasteiger charge is -2.17. The van der Waals surface area contributed by atoms with Crippen LogP contribution in [-0.4, -0.2) is 16.1 Å². The maximum absolute atomic E-state index is 4.53. The maximum atomic E-state index is 4.53. The predicted octanol–water partition coefficient (Wildman–Crippen LogP) is 4.46. The van der Waals surface area contributed by atoms with Crippen molar-refractivity contribution in [2.45, 2.75) is 39.3 Å². The molecule has 3 aromatic heterocycles. The Morgan fingerprint density at radius 3 is 3.00 bits per heavy atom. The summed E-state index contributed by atoms with van der Waals surface area (Å²) in [6, 6.07) is 4.93. The highest BCUT2D eigenvalue weighted by Gasteiger charge is 2.17. The van der Waals surface area contributed by atoms with Gasteiger partial charge in [-0.1, -0.05) is 6.92 Å². The van der Waals surface area contributed by atoms with Crippen LogP contribution >= 0.6 is 22.7 Å². The summed E-state index contributed by atoms with van der Waals surface area (Å²) in [4.78, 5) is 5.96. The first-order chi connectivity index (χ1) is 10.3. The van der Waals surface area contributed by atoms with Crippen LogP contribution in [0.15, 0.2) is 29.9 Å². The second kappa shape index (κ2) is 6.73. The first kappa shape index (κ1) is 14.8. The normalized spacial score (nSPS) is 13.0. The van der Waals surface area contributed by atoms with Crippen molar-refractivity contribution in [1.29, 1.82) is 0 Å². The van der Waals surface area contributed by atoms with E-state index in [1.807, 2.05) is 28.9 Å². The summed E-state index contributed by atoms with van der Waals surface area (Å²) in [5, 5.41) is 5.86. The number of thiophene rings is 2. The van der Waals surface area contributed by atoms with Crippen LogP contribution in [-0.2, 0) is 13.0 Å². The Balaban J connectivity index is 1.84. The average molecular weight is 319 g/mol. The zero-order chi connectivity index (χ0) is 14.7. The third-order valence-corrected chi connectivity index (χ3v) is 5.88. The van der Waals surface area contributed by atoms with Gasteiger partial charge in [-0.25, -0.2) is 4.98 Å². The first-order valence-corrected chi connectivity index (χ1v) is 9.21. The average Bonchev–Trinajstić information content (AvgIpc) is 3.17. The predicted molar refractivity (Wildman–Crippen MR) is 92.3 cm³/mol. The molecule has 0 aliphatic heterocycles. The summed E-state index contributed by atoms with van der Waals surface area (Å²) in [7, 11) is 0. The molecule has 0 spiro atoms. The molecule has 1 N–H and O–H groups in total. The molecule has 1 unspecified atom stereocenters. The van der Waals surface area contributed by atoms with E-state index in [1.54, 1.807) is 0 Å². The molecule has 3 nitrogen and oxygen atoms in total. The molecule has 0 aliphatic carbocycles. The van der Waals surface area contributed by atoms with Crippen LogP contribution in [0.5, 0.6) is 0 Å². The molecule has 0 saturated heterocycles. The number of nitrogens with zero attached hydrogens (tertiary/aromatic N) is 2. The Morgan fingerprint density at radius 2 is 2.24 bits per heavy atom. The van der Waals surface area contributed by atoms with E-state index in [-0.39, 0.29) is 0 Å². The van der Waals surface area contributed by atoms with Gasteiger partial charge < -0.3 is 9.88 Å². The highest BCUT2D eigenvalue weighted by Crippen LogP contribution is 2.34. The van der Waals surface area contributed by atoms with Gasteiger partial charge in [-0.15, -0.1) is 22.7 Å². The molecule has 3 heterocycles. The van der Waals surface area contributed by atoms with Crippen LogP contribution in [0.4, 0.5) is 0 Å². The minimum absolute atomic E-state index is 0.363. The summed E-state index contributed by atoms with van der Waals surface area (Å²) < 4.78 is 5.03. The number of aromatic nitrogens is 2. The van der Waals surface area contributed by atoms with Crippen LogP contribution in [0, 0.1) is 0 Å². The van der Waals surface area contributed by atoms with E-state index in [2.05, 4.69) is 52.4 Å². The lowest BCUT2D eigenvalue weighted by Crippen LogP contribution is -2.24. The van der Waals surface area contributed by atoms with Gasteiger partial charge in [0.25, 0.3) is 0 Å². The van der Waals surface area contributed by atoms with Crippen LogP contribution in [0.25, 0.3) is 9.40 Å². The van der Waals surface area contributed by atoms with Gasteiger partial charge in [0.1, 0.15) is 5.82 Å². The molecule has 0 fully saturated rings. The SMILES string of the molecule is CCCNC(Cc1nccn1CC)c1cc2sccc2s1. The van der Waals surface area contributed by atoms with Gasteiger partial charge in [-0.2, -0.15) is 0 Å². The largest absolute Gasteiger partial charge is 0.335 e. The van der Waals surface area contributed by atoms with Gasteiger partial charge >= 0.3 is 0 Å². The van der Waals surface area contributed by atoms with Crippen molar-refractivity contribution in [2.75, 3.05) is 6.54 Å². The second-order valence-electron chi connectivity index (χ2n) is 5.14. The number of fused-ring (bicyclic) bond motifs is 1. The number of imidazole rings is 1. The topological polar surface area (TPSA) is 29.9 Å². The molecule has 0 amide bonds. The van der Waals surface area contributed by atoms with Gasteiger partial charge in [0.2, 0.25) is 0 Å². The van der Waals surface area contributed by atoms with Crippen molar-refractivity contribution in [3.05, 3.63) is 40.6 Å². The minimum atomic E-state index is 0.363. The molecule has 21 heavy (non-hydrogen) atoms. The van der Waals surface area contributed by atoms with Gasteiger partial charge in [0.15, 0.2) is 0 Å². The molecular weight excluding hydrogens is 298 g/mol. The van der Waals surface area contributed by atoms with Gasteiger partial charge in [-0.3, -0.25) is 0 Å². The quantitative estimate of drug-likeness (QED) is 0.696. The zero-order valence-electron chi connectivity index (χ0n) is 12.5. The van der Waals surface area contributed by atoms with E-state index in [1.165, 1.54) is 20.1 Å². The van der Waals surface area contributed by atoms with Crippen LogP contribution in [0.3, 0.4) is 0 Å². The van der Waals surface area contributed by atoms with Crippen molar-refractivity contribution >= 4 is 32.1 Å². The van der Waals surface area contributed by atoms with E-state index in [0.717, 1.165) is 25.9 Å². The van der Waals surface area contributed by atoms with Crippen molar-refractivity contribution in [3.63, 3.8) is 0 Å².